The van der Waals surface area contributed by atoms with E-state index in [0.29, 0.717) is 5.82 Å². The van der Waals surface area contributed by atoms with E-state index >= 15 is 0 Å². The topological polar surface area (TPSA) is 145 Å². The van der Waals surface area contributed by atoms with Crippen LogP contribution in [-0.4, -0.2) is 50.9 Å². The Morgan fingerprint density at radius 1 is 0.975 bits per heavy atom. The number of aryl methyl sites for hydroxylation is 1. The van der Waals surface area contributed by atoms with Crippen LogP contribution in [0.1, 0.15) is 48.8 Å². The molecule has 2 saturated carbocycles. The smallest absolute Gasteiger partial charge is 0.341 e. The number of nitrogens with one attached hydrogen (secondary N) is 2. The summed E-state index contributed by atoms with van der Waals surface area (Å²) >= 11 is 0. The number of aromatic nitrogens is 4. The lowest BCUT2D eigenvalue weighted by molar-refractivity contribution is -0.114. The molecule has 11 nitrogen and oxygen atoms in total. The normalized spacial score (nSPS) is 16.3. The van der Waals surface area contributed by atoms with Gasteiger partial charge in [0.15, 0.2) is 0 Å². The molecule has 1 amide bonds. The van der Waals surface area contributed by atoms with E-state index in [1.165, 1.54) is 13.1 Å². The number of anilines is 1. The van der Waals surface area contributed by atoms with Crippen molar-refractivity contribution in [3.63, 3.8) is 0 Å². The standard InChI is InChI=1S/C13H14F2N2O4.C12H11F2N3O2/c1-7(18)16-9-5-10(19)17(6-8(9)11(20)21-2)13(3-4-13)12(14)15;1-6-15-8-4-9(18)17(5-7(8)10(19)16-6)12(2-3-12)11(13)14/h5-6,12H,3-4H2,1-2H3,(H,16,18);4-5,11H,2-3H2,1H3,(H,15,16,19). The Morgan fingerprint density at radius 2 is 1.50 bits per heavy atom. The number of carbonyl (C=O) groups is 2. The van der Waals surface area contributed by atoms with Gasteiger partial charge in [-0.3, -0.25) is 19.2 Å². The summed E-state index contributed by atoms with van der Waals surface area (Å²) in [5.74, 6) is -0.936. The zero-order chi connectivity index (χ0) is 29.6. The van der Waals surface area contributed by atoms with E-state index in [4.69, 9.17) is 0 Å². The third-order valence-corrected chi connectivity index (χ3v) is 6.93. The first kappa shape index (κ1) is 28.7. The van der Waals surface area contributed by atoms with E-state index in [9.17, 15) is 41.5 Å². The molecular weight excluding hydrogens is 542 g/mol. The molecule has 214 valence electrons. The van der Waals surface area contributed by atoms with Crippen LogP contribution >= 0.6 is 0 Å². The average molecular weight is 567 g/mol. The summed E-state index contributed by atoms with van der Waals surface area (Å²) in [6.45, 7) is 2.79. The first-order valence-electron chi connectivity index (χ1n) is 12.1. The number of fused-ring (bicyclic) bond motifs is 1. The predicted octanol–water partition coefficient (Wildman–Crippen LogP) is 2.49. The van der Waals surface area contributed by atoms with Crippen LogP contribution in [0.2, 0.25) is 0 Å². The summed E-state index contributed by atoms with van der Waals surface area (Å²) in [5, 5.41) is 2.47. The van der Waals surface area contributed by atoms with Gasteiger partial charge >= 0.3 is 5.97 Å². The van der Waals surface area contributed by atoms with Gasteiger partial charge in [0.2, 0.25) is 5.91 Å². The SMILES string of the molecule is COC(=O)c1cn(C2(C(F)F)CC2)c(=O)cc1NC(C)=O.Cc1nc2cc(=O)n(C3(C(F)F)CC3)cc2c(=O)[nH]1. The van der Waals surface area contributed by atoms with Crippen molar-refractivity contribution in [1.29, 1.82) is 0 Å². The van der Waals surface area contributed by atoms with Crippen LogP contribution in [-0.2, 0) is 20.6 Å². The highest BCUT2D eigenvalue weighted by molar-refractivity contribution is 6.00. The molecule has 5 rings (SSSR count). The molecule has 0 radical (unpaired) electrons. The lowest BCUT2D eigenvalue weighted by Gasteiger charge is -2.19. The lowest BCUT2D eigenvalue weighted by Crippen LogP contribution is -2.36. The minimum Gasteiger partial charge on any atom is -0.465 e. The number of ether oxygens (including phenoxy) is 1. The highest BCUT2D eigenvalue weighted by Crippen LogP contribution is 2.48. The molecule has 2 aliphatic carbocycles. The van der Waals surface area contributed by atoms with E-state index in [1.807, 2.05) is 0 Å². The Labute approximate surface area is 222 Å². The summed E-state index contributed by atoms with van der Waals surface area (Å²) in [4.78, 5) is 65.0. The van der Waals surface area contributed by atoms with Gasteiger partial charge in [-0.2, -0.15) is 0 Å². The zero-order valence-corrected chi connectivity index (χ0v) is 21.6. The summed E-state index contributed by atoms with van der Waals surface area (Å²) < 4.78 is 58.7. The Bertz CT molecular complexity index is 1670. The van der Waals surface area contributed by atoms with Crippen LogP contribution in [0.3, 0.4) is 0 Å². The molecular formula is C25H25F4N5O6. The molecule has 0 atom stereocenters. The number of aromatic amines is 1. The van der Waals surface area contributed by atoms with Crippen LogP contribution in [0.5, 0.6) is 0 Å². The molecule has 0 spiro atoms. The molecule has 3 heterocycles. The number of nitrogens with zero attached hydrogens (tertiary/aromatic N) is 3. The molecule has 3 aromatic rings. The first-order chi connectivity index (χ1) is 18.8. The average Bonchev–Trinajstić information content (AvgIpc) is 3.78. The van der Waals surface area contributed by atoms with E-state index < -0.39 is 52.5 Å². The highest BCUT2D eigenvalue weighted by Gasteiger charge is 2.54. The number of carbonyl (C=O) groups excluding carboxylic acids is 2. The molecule has 2 N–H and O–H groups in total. The van der Waals surface area contributed by atoms with Gasteiger partial charge < -0.3 is 24.2 Å². The number of hydrogen-bond acceptors (Lipinski definition) is 7. The number of methoxy groups -OCH3 is 1. The molecule has 40 heavy (non-hydrogen) atoms. The fourth-order valence-electron chi connectivity index (χ4n) is 4.41. The summed E-state index contributed by atoms with van der Waals surface area (Å²) in [6.07, 6.45) is -2.32. The second kappa shape index (κ2) is 10.4. The highest BCUT2D eigenvalue weighted by atomic mass is 19.3. The number of H-pyrrole nitrogens is 1. The van der Waals surface area contributed by atoms with Crippen molar-refractivity contribution in [1.82, 2.24) is 19.1 Å². The van der Waals surface area contributed by atoms with Crippen molar-refractivity contribution >= 4 is 28.5 Å². The first-order valence-corrected chi connectivity index (χ1v) is 12.1. The summed E-state index contributed by atoms with van der Waals surface area (Å²) in [5.41, 5.74) is -4.65. The van der Waals surface area contributed by atoms with E-state index in [1.54, 1.807) is 6.92 Å². The van der Waals surface area contributed by atoms with Gasteiger partial charge in [-0.05, 0) is 32.6 Å². The van der Waals surface area contributed by atoms with Crippen LogP contribution in [0, 0.1) is 6.92 Å². The molecule has 15 heteroatoms. The van der Waals surface area contributed by atoms with E-state index in [-0.39, 0.29) is 47.8 Å². The maximum Gasteiger partial charge on any atom is 0.341 e. The van der Waals surface area contributed by atoms with Crippen LogP contribution in [0.15, 0.2) is 38.9 Å². The van der Waals surface area contributed by atoms with Crippen LogP contribution in [0.4, 0.5) is 23.2 Å². The van der Waals surface area contributed by atoms with Crippen molar-refractivity contribution in [3.05, 3.63) is 67.0 Å². The maximum atomic E-state index is 13.1. The van der Waals surface area contributed by atoms with Crippen LogP contribution in [0.25, 0.3) is 10.9 Å². The number of pyridine rings is 2. The monoisotopic (exact) mass is 567 g/mol. The van der Waals surface area contributed by atoms with Crippen molar-refractivity contribution in [3.8, 4) is 0 Å². The second-order valence-electron chi connectivity index (χ2n) is 9.72. The number of halogens is 4. The molecule has 2 aliphatic rings. The zero-order valence-electron chi connectivity index (χ0n) is 21.6. The van der Waals surface area contributed by atoms with E-state index in [2.05, 4.69) is 20.0 Å². The van der Waals surface area contributed by atoms with Crippen molar-refractivity contribution in [2.75, 3.05) is 12.4 Å². The quantitative estimate of drug-likeness (QED) is 0.344. The molecule has 0 unspecified atom stereocenters. The third kappa shape index (κ3) is 5.14. The number of alkyl halides is 4. The lowest BCUT2D eigenvalue weighted by atomic mass is 10.2. The fraction of sp³-hybridized carbons (Fsp3) is 0.440. The minimum absolute atomic E-state index is 0.0549. The van der Waals surface area contributed by atoms with Gasteiger partial charge in [0.25, 0.3) is 29.5 Å². The Balaban J connectivity index is 0.000000186. The Hall–Kier alpha value is -4.30. The minimum atomic E-state index is -2.72. The van der Waals surface area contributed by atoms with Gasteiger partial charge in [-0.1, -0.05) is 0 Å². The number of rotatable bonds is 6. The second-order valence-corrected chi connectivity index (χ2v) is 9.72. The molecule has 3 aromatic heterocycles. The van der Waals surface area contributed by atoms with Crippen molar-refractivity contribution in [2.24, 2.45) is 0 Å². The molecule has 0 bridgehead atoms. The fourth-order valence-corrected chi connectivity index (χ4v) is 4.41. The maximum absolute atomic E-state index is 13.1. The van der Waals surface area contributed by atoms with Gasteiger partial charge in [0, 0.05) is 31.5 Å². The van der Waals surface area contributed by atoms with Crippen molar-refractivity contribution in [2.45, 2.75) is 63.5 Å². The molecule has 2 fully saturated rings. The number of amides is 1. The van der Waals surface area contributed by atoms with Gasteiger partial charge in [-0.25, -0.2) is 27.3 Å². The van der Waals surface area contributed by atoms with Gasteiger partial charge in [0.1, 0.15) is 16.9 Å². The summed E-state index contributed by atoms with van der Waals surface area (Å²) in [7, 11) is 1.12. The Kier molecular flexibility index (Phi) is 7.43. The van der Waals surface area contributed by atoms with Gasteiger partial charge in [-0.15, -0.1) is 0 Å². The predicted molar refractivity (Wildman–Crippen MR) is 134 cm³/mol. The molecule has 0 aliphatic heterocycles. The number of esters is 1. The Morgan fingerprint density at radius 3 is 1.98 bits per heavy atom. The molecule has 0 aromatic carbocycles. The summed E-state index contributed by atoms with van der Waals surface area (Å²) in [6, 6.07) is 2.09. The largest absolute Gasteiger partial charge is 0.465 e. The van der Waals surface area contributed by atoms with E-state index in [0.717, 1.165) is 34.6 Å². The van der Waals surface area contributed by atoms with Gasteiger partial charge in [0.05, 0.1) is 29.3 Å². The van der Waals surface area contributed by atoms with Crippen LogP contribution < -0.4 is 22.0 Å². The molecule has 0 saturated heterocycles. The van der Waals surface area contributed by atoms with Crippen molar-refractivity contribution < 1.29 is 31.9 Å². The third-order valence-electron chi connectivity index (χ3n) is 6.93. The number of hydrogen-bond donors (Lipinski definition) is 2.